The third kappa shape index (κ3) is 4.70. The zero-order chi connectivity index (χ0) is 27.8. The highest BCUT2D eigenvalue weighted by Crippen LogP contribution is 2.56. The first-order valence-electron chi connectivity index (χ1n) is 11.3. The minimum Gasteiger partial charge on any atom is -0.497 e. The number of ether oxygens (including phenoxy) is 4. The first-order chi connectivity index (χ1) is 18.1. The number of rotatable bonds is 5. The van der Waals surface area contributed by atoms with Gasteiger partial charge in [-0.25, -0.2) is 9.59 Å². The molecule has 0 fully saturated rings. The van der Waals surface area contributed by atoms with Gasteiger partial charge in [0, 0.05) is 22.8 Å². The predicted molar refractivity (Wildman–Crippen MR) is 153 cm³/mol. The van der Waals surface area contributed by atoms with Gasteiger partial charge in [0.15, 0.2) is 0 Å². The monoisotopic (exact) mass is 571 g/mol. The van der Waals surface area contributed by atoms with Gasteiger partial charge in [-0.3, -0.25) is 9.69 Å². The second-order valence-corrected chi connectivity index (χ2v) is 11.4. The fraction of sp³-hybridized carbons (Fsp3) is 0.259. The Morgan fingerprint density at radius 1 is 0.842 bits per heavy atom. The van der Waals surface area contributed by atoms with Crippen molar-refractivity contribution in [1.29, 1.82) is 0 Å². The molecule has 1 amide bonds. The number of benzene rings is 2. The molecule has 38 heavy (non-hydrogen) atoms. The molecule has 0 saturated heterocycles. The summed E-state index contributed by atoms with van der Waals surface area (Å²) < 4.78 is 21.2. The van der Waals surface area contributed by atoms with Gasteiger partial charge in [0.1, 0.15) is 21.3 Å². The molecule has 0 saturated carbocycles. The number of anilines is 1. The molecule has 0 N–H and O–H groups in total. The van der Waals surface area contributed by atoms with E-state index in [0.717, 1.165) is 23.5 Å². The summed E-state index contributed by atoms with van der Waals surface area (Å²) in [5.74, 6) is -0.466. The summed E-state index contributed by atoms with van der Waals surface area (Å²) in [5.41, 5.74) is 1.34. The van der Waals surface area contributed by atoms with E-state index in [1.807, 2.05) is 19.9 Å². The van der Waals surface area contributed by atoms with Crippen LogP contribution in [0.1, 0.15) is 29.8 Å². The SMILES string of the molecule is COC(=O)C1=C(C(=O)OC)SC(=C2C(=S)C(C)(C)N(C(=O)c3cccc(OC)c3)c3cc(OC)ccc32)S1. The first kappa shape index (κ1) is 27.7. The maximum absolute atomic E-state index is 14.0. The fourth-order valence-electron chi connectivity index (χ4n) is 4.17. The van der Waals surface area contributed by atoms with Crippen molar-refractivity contribution in [2.24, 2.45) is 0 Å². The lowest BCUT2D eigenvalue weighted by atomic mass is 9.82. The van der Waals surface area contributed by atoms with Crippen LogP contribution in [-0.4, -0.2) is 56.7 Å². The number of carbonyl (C=O) groups is 3. The van der Waals surface area contributed by atoms with E-state index in [1.54, 1.807) is 48.4 Å². The van der Waals surface area contributed by atoms with Gasteiger partial charge in [0.05, 0.1) is 48.8 Å². The average molecular weight is 572 g/mol. The molecule has 198 valence electrons. The molecule has 0 radical (unpaired) electrons. The van der Waals surface area contributed by atoms with Gasteiger partial charge in [-0.05, 0) is 44.2 Å². The van der Waals surface area contributed by atoms with Crippen molar-refractivity contribution in [3.8, 4) is 11.5 Å². The highest BCUT2D eigenvalue weighted by atomic mass is 32.2. The Morgan fingerprint density at radius 2 is 1.42 bits per heavy atom. The molecular weight excluding hydrogens is 546 g/mol. The summed E-state index contributed by atoms with van der Waals surface area (Å²) in [6.07, 6.45) is 0. The Morgan fingerprint density at radius 3 is 1.97 bits per heavy atom. The van der Waals surface area contributed by atoms with E-state index in [9.17, 15) is 14.4 Å². The molecule has 8 nitrogen and oxygen atoms in total. The van der Waals surface area contributed by atoms with Crippen LogP contribution in [0.15, 0.2) is 56.5 Å². The highest BCUT2D eigenvalue weighted by molar-refractivity contribution is 8.29. The quantitative estimate of drug-likeness (QED) is 0.270. The van der Waals surface area contributed by atoms with Crippen LogP contribution in [0.2, 0.25) is 0 Å². The second-order valence-electron chi connectivity index (χ2n) is 8.65. The average Bonchev–Trinajstić information content (AvgIpc) is 3.37. The Balaban J connectivity index is 1.93. The summed E-state index contributed by atoms with van der Waals surface area (Å²) in [6.45, 7) is 3.72. The molecule has 0 unspecified atom stereocenters. The maximum atomic E-state index is 14.0. The van der Waals surface area contributed by atoms with Gasteiger partial charge >= 0.3 is 11.9 Å². The molecule has 2 aromatic carbocycles. The van der Waals surface area contributed by atoms with Crippen molar-refractivity contribution in [2.45, 2.75) is 19.4 Å². The molecule has 4 rings (SSSR count). The van der Waals surface area contributed by atoms with Crippen molar-refractivity contribution in [2.75, 3.05) is 33.3 Å². The van der Waals surface area contributed by atoms with Crippen molar-refractivity contribution in [3.63, 3.8) is 0 Å². The summed E-state index contributed by atoms with van der Waals surface area (Å²) in [6, 6.07) is 12.3. The zero-order valence-electron chi connectivity index (χ0n) is 21.6. The Bertz CT molecular complexity index is 1400. The number of thioether (sulfide) groups is 2. The van der Waals surface area contributed by atoms with Gasteiger partial charge in [0.2, 0.25) is 0 Å². The van der Waals surface area contributed by atoms with Crippen molar-refractivity contribution in [1.82, 2.24) is 0 Å². The molecule has 0 atom stereocenters. The molecule has 2 heterocycles. The number of fused-ring (bicyclic) bond motifs is 1. The number of methoxy groups -OCH3 is 4. The van der Waals surface area contributed by atoms with Crippen LogP contribution in [0, 0.1) is 0 Å². The van der Waals surface area contributed by atoms with E-state index < -0.39 is 17.5 Å². The maximum Gasteiger partial charge on any atom is 0.346 e. The molecule has 2 aliphatic rings. The molecule has 2 aliphatic heterocycles. The molecule has 0 spiro atoms. The number of hydrogen-bond acceptors (Lipinski definition) is 10. The normalized spacial score (nSPS) is 16.3. The largest absolute Gasteiger partial charge is 0.497 e. The lowest BCUT2D eigenvalue weighted by Crippen LogP contribution is -2.56. The van der Waals surface area contributed by atoms with E-state index in [0.29, 0.717) is 43.0 Å². The zero-order valence-corrected chi connectivity index (χ0v) is 24.0. The van der Waals surface area contributed by atoms with Crippen molar-refractivity contribution in [3.05, 3.63) is 67.6 Å². The molecule has 0 bridgehead atoms. The number of carbonyl (C=O) groups excluding carboxylic acids is 3. The minimum atomic E-state index is -0.974. The van der Waals surface area contributed by atoms with E-state index in [4.69, 9.17) is 31.2 Å². The van der Waals surface area contributed by atoms with Gasteiger partial charge < -0.3 is 18.9 Å². The lowest BCUT2D eigenvalue weighted by molar-refractivity contribution is -0.138. The number of hydrogen-bond donors (Lipinski definition) is 0. The first-order valence-corrected chi connectivity index (χ1v) is 13.4. The molecule has 0 aromatic heterocycles. The predicted octanol–water partition coefficient (Wildman–Crippen LogP) is 5.22. The van der Waals surface area contributed by atoms with Crippen LogP contribution in [0.25, 0.3) is 5.57 Å². The van der Waals surface area contributed by atoms with Gasteiger partial charge in [-0.15, -0.1) is 0 Å². The standard InChI is InChI=1S/C27H25NO7S3/c1-27(2)22(36)19(26-37-20(24(30)34-5)21(38-26)25(31)35-6)17-11-10-16(33-4)13-18(17)28(27)23(29)14-8-7-9-15(12-14)32-3/h7-13H,1-6H3. The summed E-state index contributed by atoms with van der Waals surface area (Å²) >= 11 is 8.21. The van der Waals surface area contributed by atoms with Crippen LogP contribution in [0.5, 0.6) is 11.5 Å². The van der Waals surface area contributed by atoms with E-state index in [1.165, 1.54) is 21.3 Å². The van der Waals surface area contributed by atoms with Crippen molar-refractivity contribution < 1.29 is 33.3 Å². The smallest absolute Gasteiger partial charge is 0.346 e. The lowest BCUT2D eigenvalue weighted by Gasteiger charge is -2.45. The van der Waals surface area contributed by atoms with Crippen molar-refractivity contribution >= 4 is 69.7 Å². The number of esters is 2. The minimum absolute atomic E-state index is 0.123. The highest BCUT2D eigenvalue weighted by Gasteiger charge is 2.46. The van der Waals surface area contributed by atoms with Crippen LogP contribution < -0.4 is 14.4 Å². The Labute approximate surface area is 234 Å². The van der Waals surface area contributed by atoms with E-state index in [-0.39, 0.29) is 15.7 Å². The number of amides is 1. The Hall–Kier alpha value is -3.28. The van der Waals surface area contributed by atoms with Crippen LogP contribution in [0.4, 0.5) is 5.69 Å². The van der Waals surface area contributed by atoms with Gasteiger partial charge in [0.25, 0.3) is 5.91 Å². The molecular formula is C27H25NO7S3. The summed E-state index contributed by atoms with van der Waals surface area (Å²) in [7, 11) is 5.58. The number of thiocarbonyl (C=S) groups is 1. The molecule has 2 aromatic rings. The van der Waals surface area contributed by atoms with Gasteiger partial charge in [-0.1, -0.05) is 41.8 Å². The molecule has 0 aliphatic carbocycles. The fourth-order valence-corrected chi connectivity index (χ4v) is 7.21. The second kappa shape index (κ2) is 10.8. The molecule has 11 heteroatoms. The van der Waals surface area contributed by atoms with Crippen LogP contribution in [-0.2, 0) is 19.1 Å². The third-order valence-electron chi connectivity index (χ3n) is 6.12. The van der Waals surface area contributed by atoms with Crippen LogP contribution >= 0.6 is 35.7 Å². The summed E-state index contributed by atoms with van der Waals surface area (Å²) in [5, 5.41) is 0. The number of nitrogens with zero attached hydrogens (tertiary/aromatic N) is 1. The van der Waals surface area contributed by atoms with Gasteiger partial charge in [-0.2, -0.15) is 0 Å². The van der Waals surface area contributed by atoms with E-state index >= 15 is 0 Å². The topological polar surface area (TPSA) is 91.4 Å². The summed E-state index contributed by atoms with van der Waals surface area (Å²) in [4.78, 5) is 41.4. The van der Waals surface area contributed by atoms with Crippen LogP contribution in [0.3, 0.4) is 0 Å². The third-order valence-corrected chi connectivity index (χ3v) is 9.38. The Kier molecular flexibility index (Phi) is 7.91. The van der Waals surface area contributed by atoms with E-state index in [2.05, 4.69) is 0 Å².